The summed E-state index contributed by atoms with van der Waals surface area (Å²) < 4.78 is 6.33. The van der Waals surface area contributed by atoms with Gasteiger partial charge in [-0.25, -0.2) is 10.2 Å². The number of urea groups is 1. The maximum Gasteiger partial charge on any atom is 0.333 e. The van der Waals surface area contributed by atoms with Crippen LogP contribution in [0.2, 0.25) is 18.1 Å². The van der Waals surface area contributed by atoms with Crippen LogP contribution in [0.4, 0.5) is 10.5 Å². The number of hydrogen-bond acceptors (Lipinski definition) is 4. The normalized spacial score (nSPS) is 17.2. The van der Waals surface area contributed by atoms with Gasteiger partial charge < -0.3 is 14.6 Å². The number of carbonyl (C=O) groups excluding carboxylic acids is 2. The molecule has 1 aromatic carbocycles. The molecule has 7 nitrogen and oxygen atoms in total. The van der Waals surface area contributed by atoms with Crippen molar-refractivity contribution in [3.05, 3.63) is 29.8 Å². The third-order valence-electron chi connectivity index (χ3n) is 6.09. The summed E-state index contributed by atoms with van der Waals surface area (Å²) in [5.74, 6) is 0.293. The van der Waals surface area contributed by atoms with Crippen molar-refractivity contribution < 1.29 is 14.0 Å². The number of carbonyl (C=O) groups is 2. The van der Waals surface area contributed by atoms with E-state index in [1.54, 1.807) is 12.1 Å². The molecule has 0 radical (unpaired) electrons. The van der Waals surface area contributed by atoms with Gasteiger partial charge in [-0.2, -0.15) is 0 Å². The molecule has 162 valence electrons. The van der Waals surface area contributed by atoms with E-state index in [-0.39, 0.29) is 10.9 Å². The lowest BCUT2D eigenvalue weighted by molar-refractivity contribution is 0.0936. The molecular weight excluding hydrogens is 384 g/mol. The van der Waals surface area contributed by atoms with E-state index in [1.807, 2.05) is 12.1 Å². The lowest BCUT2D eigenvalue weighted by Crippen LogP contribution is -2.45. The molecule has 8 heteroatoms. The Kier molecular flexibility index (Phi) is 7.71. The highest BCUT2D eigenvalue weighted by molar-refractivity contribution is 6.74. The molecule has 2 rings (SSSR count). The van der Waals surface area contributed by atoms with Crippen LogP contribution < -0.4 is 21.1 Å². The van der Waals surface area contributed by atoms with Gasteiger partial charge >= 0.3 is 6.03 Å². The zero-order valence-corrected chi connectivity index (χ0v) is 19.6. The van der Waals surface area contributed by atoms with Crippen molar-refractivity contribution in [2.45, 2.75) is 51.7 Å². The molecule has 1 heterocycles. The molecule has 0 aromatic heterocycles. The summed E-state index contributed by atoms with van der Waals surface area (Å²) in [6.45, 7) is 14.3. The molecular formula is C21H36N4O3Si. The third-order valence-corrected chi connectivity index (χ3v) is 10.6. The quantitative estimate of drug-likeness (QED) is 0.486. The van der Waals surface area contributed by atoms with E-state index in [9.17, 15) is 9.59 Å². The lowest BCUT2D eigenvalue weighted by atomic mass is 10.1. The second kappa shape index (κ2) is 9.62. The van der Waals surface area contributed by atoms with E-state index >= 15 is 0 Å². The van der Waals surface area contributed by atoms with Gasteiger partial charge in [0.15, 0.2) is 8.32 Å². The highest BCUT2D eigenvalue weighted by Crippen LogP contribution is 2.37. The van der Waals surface area contributed by atoms with Crippen molar-refractivity contribution in [2.24, 2.45) is 5.92 Å². The molecule has 3 N–H and O–H groups in total. The van der Waals surface area contributed by atoms with Crippen molar-refractivity contribution in [3.8, 4) is 0 Å². The minimum Gasteiger partial charge on any atom is -0.417 e. The monoisotopic (exact) mass is 420 g/mol. The van der Waals surface area contributed by atoms with Crippen molar-refractivity contribution >= 4 is 25.9 Å². The Hall–Kier alpha value is -2.06. The predicted octanol–water partition coefficient (Wildman–Crippen LogP) is 3.50. The van der Waals surface area contributed by atoms with Gasteiger partial charge in [0.2, 0.25) is 0 Å². The smallest absolute Gasteiger partial charge is 0.333 e. The van der Waals surface area contributed by atoms with Crippen LogP contribution >= 0.6 is 0 Å². The summed E-state index contributed by atoms with van der Waals surface area (Å²) in [4.78, 5) is 25.5. The second-order valence-corrected chi connectivity index (χ2v) is 14.0. The topological polar surface area (TPSA) is 82.7 Å². The SMILES string of the molecule is CNC(=O)NNC(=O)c1ccc(N2CCC(CCO[Si](C)(C)C(C)(C)C)C2)cc1. The molecule has 0 aliphatic carbocycles. The average Bonchev–Trinajstić information content (AvgIpc) is 3.13. The van der Waals surface area contributed by atoms with E-state index < -0.39 is 14.3 Å². The van der Waals surface area contributed by atoms with E-state index in [2.05, 4.69) is 54.9 Å². The van der Waals surface area contributed by atoms with Crippen LogP contribution in [0.1, 0.15) is 44.0 Å². The highest BCUT2D eigenvalue weighted by Gasteiger charge is 2.37. The van der Waals surface area contributed by atoms with E-state index in [4.69, 9.17) is 4.43 Å². The fraction of sp³-hybridized carbons (Fsp3) is 0.619. The fourth-order valence-corrected chi connectivity index (χ4v) is 4.13. The minimum atomic E-state index is -1.67. The Balaban J connectivity index is 1.81. The van der Waals surface area contributed by atoms with Crippen LogP contribution in [0, 0.1) is 5.92 Å². The first-order valence-corrected chi connectivity index (χ1v) is 13.2. The van der Waals surface area contributed by atoms with Gasteiger partial charge in [-0.1, -0.05) is 20.8 Å². The van der Waals surface area contributed by atoms with Gasteiger partial charge in [0.05, 0.1) is 0 Å². The number of nitrogens with zero attached hydrogens (tertiary/aromatic N) is 1. The maximum atomic E-state index is 12.0. The fourth-order valence-electron chi connectivity index (χ4n) is 3.07. The van der Waals surface area contributed by atoms with Gasteiger partial charge in [-0.05, 0) is 61.2 Å². The molecule has 0 spiro atoms. The van der Waals surface area contributed by atoms with E-state index in [0.717, 1.165) is 31.8 Å². The zero-order chi connectivity index (χ0) is 21.7. The Morgan fingerprint density at radius 3 is 2.41 bits per heavy atom. The molecule has 1 unspecified atom stereocenters. The van der Waals surface area contributed by atoms with Gasteiger partial charge in [0.25, 0.3) is 5.91 Å². The number of hydrogen-bond donors (Lipinski definition) is 3. The highest BCUT2D eigenvalue weighted by atomic mass is 28.4. The number of benzene rings is 1. The average molecular weight is 421 g/mol. The first kappa shape index (κ1) is 23.2. The van der Waals surface area contributed by atoms with Gasteiger partial charge in [-0.15, -0.1) is 0 Å². The number of hydrazine groups is 1. The van der Waals surface area contributed by atoms with Crippen molar-refractivity contribution in [1.82, 2.24) is 16.2 Å². The van der Waals surface area contributed by atoms with Crippen molar-refractivity contribution in [3.63, 3.8) is 0 Å². The summed E-state index contributed by atoms with van der Waals surface area (Å²) in [6.07, 6.45) is 2.26. The summed E-state index contributed by atoms with van der Waals surface area (Å²) in [5.41, 5.74) is 6.27. The number of anilines is 1. The summed E-state index contributed by atoms with van der Waals surface area (Å²) in [7, 11) is -0.188. The van der Waals surface area contributed by atoms with Crippen LogP contribution in [0.3, 0.4) is 0 Å². The van der Waals surface area contributed by atoms with Crippen LogP contribution in [0.25, 0.3) is 0 Å². The minimum absolute atomic E-state index is 0.249. The molecule has 1 atom stereocenters. The Morgan fingerprint density at radius 1 is 1.17 bits per heavy atom. The molecule has 29 heavy (non-hydrogen) atoms. The number of amides is 3. The summed E-state index contributed by atoms with van der Waals surface area (Å²) in [5, 5.41) is 2.62. The third kappa shape index (κ3) is 6.47. The molecule has 1 aliphatic heterocycles. The molecule has 1 aromatic rings. The number of rotatable bonds is 6. The second-order valence-electron chi connectivity index (χ2n) is 9.20. The van der Waals surface area contributed by atoms with Crippen LogP contribution in [0.5, 0.6) is 0 Å². The predicted molar refractivity (Wildman–Crippen MR) is 120 cm³/mol. The molecule has 0 saturated carbocycles. The summed E-state index contributed by atoms with van der Waals surface area (Å²) in [6, 6.07) is 7.02. The Labute approximate surface area is 175 Å². The first-order chi connectivity index (χ1) is 13.5. The van der Waals surface area contributed by atoms with Gasteiger partial charge in [0.1, 0.15) is 0 Å². The van der Waals surface area contributed by atoms with Crippen molar-refractivity contribution in [2.75, 3.05) is 31.6 Å². The largest absolute Gasteiger partial charge is 0.417 e. The molecule has 3 amide bonds. The molecule has 1 fully saturated rings. The van der Waals surface area contributed by atoms with Crippen LogP contribution in [-0.2, 0) is 4.43 Å². The maximum absolute atomic E-state index is 12.0. The van der Waals surface area contributed by atoms with Gasteiger partial charge in [-0.3, -0.25) is 10.2 Å². The Bertz CT molecular complexity index is 701. The van der Waals surface area contributed by atoms with Crippen LogP contribution in [-0.4, -0.2) is 47.0 Å². The standard InChI is InChI=1S/C21H36N4O3Si/c1-21(2,3)29(5,6)28-14-12-16-11-13-25(15-16)18-9-7-17(8-10-18)19(26)23-24-20(27)22-4/h7-10,16H,11-15H2,1-6H3,(H,23,26)(H2,22,24,27). The summed E-state index contributed by atoms with van der Waals surface area (Å²) >= 11 is 0. The van der Waals surface area contributed by atoms with E-state index in [1.165, 1.54) is 13.5 Å². The zero-order valence-electron chi connectivity index (χ0n) is 18.6. The Morgan fingerprint density at radius 2 is 1.83 bits per heavy atom. The van der Waals surface area contributed by atoms with Crippen molar-refractivity contribution in [1.29, 1.82) is 0 Å². The lowest BCUT2D eigenvalue weighted by Gasteiger charge is -2.36. The number of nitrogens with one attached hydrogen (secondary N) is 3. The molecule has 0 bridgehead atoms. The van der Waals surface area contributed by atoms with Gasteiger partial charge in [0, 0.05) is 38.0 Å². The molecule has 1 saturated heterocycles. The van der Waals surface area contributed by atoms with Crippen LogP contribution in [0.15, 0.2) is 24.3 Å². The first-order valence-electron chi connectivity index (χ1n) is 10.3. The molecule has 1 aliphatic rings. The van der Waals surface area contributed by atoms with E-state index in [0.29, 0.717) is 11.5 Å².